The smallest absolute Gasteiger partial charge is 0.238 e. The van der Waals surface area contributed by atoms with Gasteiger partial charge in [0.2, 0.25) is 11.9 Å². The van der Waals surface area contributed by atoms with Crippen molar-refractivity contribution < 1.29 is 18.7 Å². The molecule has 6 rings (SSSR count). The minimum absolute atomic E-state index is 0.00740. The molecule has 42 heavy (non-hydrogen) atoms. The maximum Gasteiger partial charge on any atom is 0.238 e. The topological polar surface area (TPSA) is 118 Å². The van der Waals surface area contributed by atoms with Gasteiger partial charge in [-0.05, 0) is 37.3 Å². The molecule has 1 amide bonds. The number of halogens is 2. The molecule has 1 aromatic carbocycles. The number of hydrogen-bond acceptors (Lipinski definition) is 10. The average Bonchev–Trinajstić information content (AvgIpc) is 3.57. The Morgan fingerprint density at radius 3 is 2.52 bits per heavy atom. The molecule has 2 aliphatic heterocycles. The summed E-state index contributed by atoms with van der Waals surface area (Å²) in [5, 5.41) is 24.9. The molecular formula is C28H29F2N9O2S. The zero-order valence-electron chi connectivity index (χ0n) is 23.2. The molecule has 0 spiro atoms. The third-order valence-electron chi connectivity index (χ3n) is 7.66. The van der Waals surface area contributed by atoms with Gasteiger partial charge in [-0.25, -0.2) is 14.1 Å². The van der Waals surface area contributed by atoms with Crippen molar-refractivity contribution in [2.75, 3.05) is 62.7 Å². The lowest BCUT2D eigenvalue weighted by molar-refractivity contribution is -0.142. The zero-order chi connectivity index (χ0) is 29.5. The largest absolute Gasteiger partial charge is 0.389 e. The molecule has 0 unspecified atom stereocenters. The summed E-state index contributed by atoms with van der Waals surface area (Å²) in [5.41, 5.74) is 1.71. The number of carbonyl (C=O) groups is 1. The van der Waals surface area contributed by atoms with Crippen LogP contribution in [0.2, 0.25) is 0 Å². The Kier molecular flexibility index (Phi) is 7.48. The van der Waals surface area contributed by atoms with Gasteiger partial charge in [0.15, 0.2) is 10.8 Å². The fourth-order valence-corrected chi connectivity index (χ4v) is 6.18. The molecule has 4 aromatic rings. The van der Waals surface area contributed by atoms with Gasteiger partial charge in [-0.2, -0.15) is 19.7 Å². The van der Waals surface area contributed by atoms with Crippen molar-refractivity contribution in [1.82, 2.24) is 29.5 Å². The number of pyridine rings is 1. The Morgan fingerprint density at radius 1 is 1.17 bits per heavy atom. The molecule has 14 heteroatoms. The Balaban J connectivity index is 1.26. The quantitative estimate of drug-likeness (QED) is 0.323. The number of aliphatic hydroxyl groups excluding tert-OH is 1. The number of anilines is 3. The second-order valence-electron chi connectivity index (χ2n) is 10.4. The van der Waals surface area contributed by atoms with Gasteiger partial charge in [0, 0.05) is 58.4 Å². The standard InChI is InChI=1S/C28H29F2N9O2S/c1-3-39-27(35(2)28-32-24(22(13-31)42-28)17-4-6-18(29)7-5-17)20-12-21(25(30)33-26(20)34-39)37-10-8-36(9-11-37)16-23(41)38-14-19(40)15-38/h4-7,12,19,40H,3,8-11,14-16H2,1-2H3. The number of amides is 1. The van der Waals surface area contributed by atoms with E-state index in [-0.39, 0.29) is 23.9 Å². The molecule has 218 valence electrons. The van der Waals surface area contributed by atoms with Crippen LogP contribution in [0.1, 0.15) is 11.8 Å². The number of nitriles is 1. The van der Waals surface area contributed by atoms with Crippen LogP contribution >= 0.6 is 11.3 Å². The van der Waals surface area contributed by atoms with E-state index in [9.17, 15) is 19.6 Å². The fraction of sp³-hybridized carbons (Fsp3) is 0.393. The lowest BCUT2D eigenvalue weighted by Crippen LogP contribution is -2.57. The first-order chi connectivity index (χ1) is 20.2. The van der Waals surface area contributed by atoms with Gasteiger partial charge < -0.3 is 19.8 Å². The highest BCUT2D eigenvalue weighted by molar-refractivity contribution is 7.16. The first-order valence-corrected chi connectivity index (χ1v) is 14.5. The number of aliphatic hydroxyl groups is 1. The fourth-order valence-electron chi connectivity index (χ4n) is 5.33. The maximum absolute atomic E-state index is 15.3. The number of carbonyl (C=O) groups excluding carboxylic acids is 1. The highest BCUT2D eigenvalue weighted by Crippen LogP contribution is 2.38. The predicted octanol–water partition coefficient (Wildman–Crippen LogP) is 2.82. The molecule has 5 heterocycles. The summed E-state index contributed by atoms with van der Waals surface area (Å²) in [5.74, 6) is -0.338. The highest BCUT2D eigenvalue weighted by atomic mass is 32.1. The van der Waals surface area contributed by atoms with Crippen molar-refractivity contribution in [3.63, 3.8) is 0 Å². The van der Waals surface area contributed by atoms with Crippen LogP contribution in [0.4, 0.5) is 25.4 Å². The number of benzene rings is 1. The number of thiazole rings is 1. The molecule has 0 aliphatic carbocycles. The summed E-state index contributed by atoms with van der Waals surface area (Å²) in [7, 11) is 1.81. The van der Waals surface area contributed by atoms with Crippen LogP contribution in [-0.4, -0.2) is 99.5 Å². The van der Waals surface area contributed by atoms with Gasteiger partial charge in [0.05, 0.1) is 23.7 Å². The minimum atomic E-state index is -0.615. The van der Waals surface area contributed by atoms with Gasteiger partial charge in [-0.15, -0.1) is 0 Å². The van der Waals surface area contributed by atoms with E-state index < -0.39 is 12.1 Å². The van der Waals surface area contributed by atoms with E-state index in [1.807, 2.05) is 28.7 Å². The Labute approximate surface area is 244 Å². The molecule has 0 atom stereocenters. The van der Waals surface area contributed by atoms with Crippen LogP contribution in [0, 0.1) is 23.1 Å². The van der Waals surface area contributed by atoms with E-state index in [2.05, 4.69) is 16.2 Å². The van der Waals surface area contributed by atoms with E-state index in [0.29, 0.717) is 84.0 Å². The summed E-state index contributed by atoms with van der Waals surface area (Å²) < 4.78 is 30.5. The summed E-state index contributed by atoms with van der Waals surface area (Å²) in [6.45, 7) is 5.67. The molecule has 3 aromatic heterocycles. The second-order valence-corrected chi connectivity index (χ2v) is 11.4. The van der Waals surface area contributed by atoms with Crippen LogP contribution in [-0.2, 0) is 11.3 Å². The Bertz CT molecular complexity index is 1670. The van der Waals surface area contributed by atoms with E-state index in [0.717, 1.165) is 0 Å². The number of nitrogens with zero attached hydrogens (tertiary/aromatic N) is 9. The summed E-state index contributed by atoms with van der Waals surface area (Å²) in [6, 6.07) is 9.78. The number of fused-ring (bicyclic) bond motifs is 1. The maximum atomic E-state index is 15.3. The van der Waals surface area contributed by atoms with Crippen LogP contribution in [0.25, 0.3) is 22.3 Å². The molecule has 0 saturated carbocycles. The summed E-state index contributed by atoms with van der Waals surface area (Å²) in [6.07, 6.45) is -0.432. The Morgan fingerprint density at radius 2 is 1.88 bits per heavy atom. The first-order valence-electron chi connectivity index (χ1n) is 13.7. The zero-order valence-corrected chi connectivity index (χ0v) is 24.0. The average molecular weight is 594 g/mol. The van der Waals surface area contributed by atoms with Gasteiger partial charge >= 0.3 is 0 Å². The number of piperazine rings is 1. The van der Waals surface area contributed by atoms with Crippen LogP contribution in [0.5, 0.6) is 0 Å². The molecular weight excluding hydrogens is 564 g/mol. The van der Waals surface area contributed by atoms with Crippen LogP contribution in [0.15, 0.2) is 30.3 Å². The monoisotopic (exact) mass is 593 g/mol. The third-order valence-corrected chi connectivity index (χ3v) is 8.70. The predicted molar refractivity (Wildman–Crippen MR) is 155 cm³/mol. The van der Waals surface area contributed by atoms with Crippen molar-refractivity contribution in [3.8, 4) is 17.3 Å². The molecule has 0 radical (unpaired) electrons. The molecule has 0 bridgehead atoms. The summed E-state index contributed by atoms with van der Waals surface area (Å²) >= 11 is 1.20. The van der Waals surface area contributed by atoms with E-state index in [1.165, 1.54) is 23.5 Å². The number of aromatic nitrogens is 4. The number of hydrogen-bond donors (Lipinski definition) is 1. The van der Waals surface area contributed by atoms with E-state index in [4.69, 9.17) is 4.98 Å². The van der Waals surface area contributed by atoms with Crippen molar-refractivity contribution in [3.05, 3.63) is 47.0 Å². The van der Waals surface area contributed by atoms with Gasteiger partial charge in [0.1, 0.15) is 28.3 Å². The SMILES string of the molecule is CCn1nc2nc(F)c(N3CCN(CC(=O)N4CC(O)C4)CC3)cc2c1N(C)c1nc(-c2ccc(F)cc2)c(C#N)s1. The molecule has 2 aliphatic rings. The number of likely N-dealkylation sites (tertiary alicyclic amines) is 1. The minimum Gasteiger partial charge on any atom is -0.389 e. The lowest BCUT2D eigenvalue weighted by Gasteiger charge is -2.39. The third kappa shape index (κ3) is 5.15. The van der Waals surface area contributed by atoms with E-state index >= 15 is 4.39 Å². The molecule has 2 fully saturated rings. The summed E-state index contributed by atoms with van der Waals surface area (Å²) in [4.78, 5) is 29.1. The van der Waals surface area contributed by atoms with Crippen molar-refractivity contribution in [1.29, 1.82) is 5.26 Å². The van der Waals surface area contributed by atoms with Crippen molar-refractivity contribution in [2.24, 2.45) is 0 Å². The first kappa shape index (κ1) is 28.0. The lowest BCUT2D eigenvalue weighted by atomic mass is 10.1. The number of rotatable bonds is 7. The Hall–Kier alpha value is -4.19. The van der Waals surface area contributed by atoms with Crippen molar-refractivity contribution >= 4 is 44.9 Å². The normalized spacial score (nSPS) is 16.1. The van der Waals surface area contributed by atoms with Crippen LogP contribution in [0.3, 0.4) is 0 Å². The highest BCUT2D eigenvalue weighted by Gasteiger charge is 2.31. The van der Waals surface area contributed by atoms with Gasteiger partial charge in [0.25, 0.3) is 0 Å². The molecule has 2 saturated heterocycles. The van der Waals surface area contributed by atoms with E-state index in [1.54, 1.807) is 27.8 Å². The molecule has 11 nitrogen and oxygen atoms in total. The van der Waals surface area contributed by atoms with Gasteiger partial charge in [-0.1, -0.05) is 11.3 Å². The van der Waals surface area contributed by atoms with Gasteiger partial charge in [-0.3, -0.25) is 9.69 Å². The molecule has 1 N–H and O–H groups in total. The van der Waals surface area contributed by atoms with Crippen LogP contribution < -0.4 is 9.80 Å². The van der Waals surface area contributed by atoms with Crippen molar-refractivity contribution in [2.45, 2.75) is 19.6 Å². The number of β-amino-alcohol motifs (C(OH)–C–C–N with tert-alkyl or cyclic N) is 1. The second kappa shape index (κ2) is 11.2. The number of aryl methyl sites for hydroxylation is 1.